The second kappa shape index (κ2) is 11.1. The van der Waals surface area contributed by atoms with Gasteiger partial charge in [0.1, 0.15) is 5.82 Å². The van der Waals surface area contributed by atoms with E-state index in [1.165, 1.54) is 5.56 Å². The molecular weight excluding hydrogens is 611 g/mol. The topological polar surface area (TPSA) is 54.0 Å². The summed E-state index contributed by atoms with van der Waals surface area (Å²) in [7, 11) is 0. The van der Waals surface area contributed by atoms with Crippen LogP contribution in [-0.4, -0.2) is 14.5 Å². The van der Waals surface area contributed by atoms with Crippen LogP contribution in [0.5, 0.6) is 11.6 Å². The number of nitrogens with zero attached hydrogens (tertiary/aromatic N) is 4. The van der Waals surface area contributed by atoms with E-state index in [0.717, 1.165) is 49.9 Å². The van der Waals surface area contributed by atoms with Crippen LogP contribution < -0.4 is 4.74 Å². The number of rotatable bonds is 5. The minimum absolute atomic E-state index is 0. The monoisotopic (exact) mass is 638 g/mol. The van der Waals surface area contributed by atoms with Crippen molar-refractivity contribution in [3.05, 3.63) is 132 Å². The van der Waals surface area contributed by atoms with E-state index < -0.39 is 0 Å². The summed E-state index contributed by atoms with van der Waals surface area (Å²) in [5, 5.41) is 8.05. The minimum atomic E-state index is 0. The maximum atomic E-state index is 6.32. The van der Waals surface area contributed by atoms with Gasteiger partial charge in [0.25, 0.3) is 0 Å². The number of hydrogen-bond donors (Lipinski definition) is 0. The average molecular weight is 639 g/mol. The minimum Gasteiger partial charge on any atom is -0.656 e. The molecule has 0 aliphatic carbocycles. The Hall–Kier alpha value is -4.50. The first-order valence-corrected chi connectivity index (χ1v) is 13.7. The molecule has 0 amide bonds. The van der Waals surface area contributed by atoms with Crippen LogP contribution in [0.1, 0.15) is 26.3 Å². The third-order valence-corrected chi connectivity index (χ3v) is 7.29. The number of hydrogen-bond acceptors (Lipinski definition) is 3. The Morgan fingerprint density at radius 2 is 1.60 bits per heavy atom. The van der Waals surface area contributed by atoms with E-state index in [2.05, 4.69) is 73.9 Å². The molecule has 0 radical (unpaired) electrons. The van der Waals surface area contributed by atoms with E-state index in [0.29, 0.717) is 11.6 Å². The van der Waals surface area contributed by atoms with Crippen molar-refractivity contribution in [2.45, 2.75) is 26.2 Å². The maximum Gasteiger partial charge on any atom is 2.00 e. The van der Waals surface area contributed by atoms with Crippen LogP contribution in [0.15, 0.2) is 115 Å². The second-order valence-electron chi connectivity index (χ2n) is 11.1. The molecule has 7 aromatic rings. The first-order valence-electron chi connectivity index (χ1n) is 13.7. The van der Waals surface area contributed by atoms with Crippen LogP contribution >= 0.6 is 0 Å². The van der Waals surface area contributed by atoms with Gasteiger partial charge in [0.2, 0.25) is 5.88 Å². The first kappa shape index (κ1) is 27.7. The molecule has 0 aliphatic heterocycles. The number of ether oxygens (including phenoxy) is 1. The fraction of sp³-hybridized carbons (Fsp3) is 0.111. The molecule has 0 saturated carbocycles. The molecule has 3 aromatic heterocycles. The summed E-state index contributed by atoms with van der Waals surface area (Å²) in [6.45, 7) is 6.64. The van der Waals surface area contributed by atoms with Crippen molar-refractivity contribution in [2.24, 2.45) is 0 Å². The van der Waals surface area contributed by atoms with Gasteiger partial charge in [-0.2, -0.15) is 6.07 Å². The number of para-hydroxylation sites is 3. The van der Waals surface area contributed by atoms with E-state index in [9.17, 15) is 0 Å². The SMILES string of the molecule is CC(C)(C)c1ccnc(-n2c3[c-]c(Oc4ccc5cccc([N-]c6ccccc6)c5n4)ccc3c3ccccc32)c1.[Pd+2]. The van der Waals surface area contributed by atoms with Gasteiger partial charge in [-0.05, 0) is 46.0 Å². The molecule has 4 aromatic carbocycles. The predicted octanol–water partition coefficient (Wildman–Crippen LogP) is 9.95. The van der Waals surface area contributed by atoms with E-state index in [4.69, 9.17) is 20.0 Å². The Balaban J connectivity index is 0.00000316. The number of benzene rings is 4. The van der Waals surface area contributed by atoms with Gasteiger partial charge in [0.15, 0.2) is 0 Å². The van der Waals surface area contributed by atoms with Crippen molar-refractivity contribution >= 4 is 44.1 Å². The van der Waals surface area contributed by atoms with E-state index in [1.54, 1.807) is 0 Å². The molecule has 7 rings (SSSR count). The van der Waals surface area contributed by atoms with Crippen LogP contribution in [0.2, 0.25) is 0 Å². The van der Waals surface area contributed by atoms with Crippen molar-refractivity contribution in [3.63, 3.8) is 0 Å². The molecule has 0 N–H and O–H groups in total. The van der Waals surface area contributed by atoms with Gasteiger partial charge in [-0.15, -0.1) is 28.9 Å². The molecule has 6 heteroatoms. The molecular formula is C36H28N4OPd. The largest absolute Gasteiger partial charge is 2.00 e. The van der Waals surface area contributed by atoms with Gasteiger partial charge in [-0.1, -0.05) is 93.0 Å². The van der Waals surface area contributed by atoms with Gasteiger partial charge >= 0.3 is 20.4 Å². The zero-order valence-electron chi connectivity index (χ0n) is 23.5. The van der Waals surface area contributed by atoms with Crippen LogP contribution in [0.25, 0.3) is 43.8 Å². The second-order valence-corrected chi connectivity index (χ2v) is 11.1. The maximum absolute atomic E-state index is 6.32. The average Bonchev–Trinajstić information content (AvgIpc) is 3.31. The third-order valence-electron chi connectivity index (χ3n) is 7.29. The smallest absolute Gasteiger partial charge is 0.656 e. The summed E-state index contributed by atoms with van der Waals surface area (Å²) < 4.78 is 8.49. The Labute approximate surface area is 258 Å². The quantitative estimate of drug-likeness (QED) is 0.139. The van der Waals surface area contributed by atoms with Crippen molar-refractivity contribution < 1.29 is 25.2 Å². The van der Waals surface area contributed by atoms with Crippen molar-refractivity contribution in [3.8, 4) is 17.4 Å². The van der Waals surface area contributed by atoms with E-state index >= 15 is 0 Å². The van der Waals surface area contributed by atoms with Crippen LogP contribution in [0, 0.1) is 6.07 Å². The number of aromatic nitrogens is 3. The molecule has 0 saturated heterocycles. The number of fused-ring (bicyclic) bond motifs is 4. The van der Waals surface area contributed by atoms with E-state index in [-0.39, 0.29) is 25.8 Å². The standard InChI is InChI=1S/C36H28N4O.Pd/c1-36(2,3)25-20-21-37-33(22-25)40-31-15-8-7-13-28(31)29-18-17-27(23-32(29)40)41-34-19-16-24-10-9-14-30(35(24)39-34)38-26-11-5-4-6-12-26;/h4-22H,1-3H3;/q-2;+2. The molecule has 0 aliphatic rings. The molecule has 0 bridgehead atoms. The summed E-state index contributed by atoms with van der Waals surface area (Å²) in [6.07, 6.45) is 1.88. The van der Waals surface area contributed by atoms with Gasteiger partial charge in [-0.3, -0.25) is 0 Å². The van der Waals surface area contributed by atoms with Crippen molar-refractivity contribution in [2.75, 3.05) is 0 Å². The van der Waals surface area contributed by atoms with Gasteiger partial charge in [0, 0.05) is 23.5 Å². The molecule has 208 valence electrons. The summed E-state index contributed by atoms with van der Waals surface area (Å²) >= 11 is 0. The Bertz CT molecular complexity index is 2040. The molecule has 0 spiro atoms. The van der Waals surface area contributed by atoms with Crippen molar-refractivity contribution in [1.29, 1.82) is 0 Å². The zero-order chi connectivity index (χ0) is 28.0. The predicted molar refractivity (Wildman–Crippen MR) is 167 cm³/mol. The zero-order valence-corrected chi connectivity index (χ0v) is 25.0. The molecule has 5 nitrogen and oxygen atoms in total. The fourth-order valence-corrected chi connectivity index (χ4v) is 5.19. The Kier molecular flexibility index (Phi) is 7.28. The summed E-state index contributed by atoms with van der Waals surface area (Å²) in [6, 6.07) is 40.0. The Morgan fingerprint density at radius 1 is 0.786 bits per heavy atom. The van der Waals surface area contributed by atoms with Crippen LogP contribution in [0.4, 0.5) is 11.4 Å². The normalized spacial score (nSPS) is 11.5. The van der Waals surface area contributed by atoms with Gasteiger partial charge in [-0.25, -0.2) is 9.97 Å². The Morgan fingerprint density at radius 3 is 2.43 bits per heavy atom. The summed E-state index contributed by atoms with van der Waals surface area (Å²) in [5.74, 6) is 1.92. The van der Waals surface area contributed by atoms with E-state index in [1.807, 2.05) is 72.9 Å². The van der Waals surface area contributed by atoms with Crippen LogP contribution in [-0.2, 0) is 25.8 Å². The fourth-order valence-electron chi connectivity index (χ4n) is 5.19. The molecule has 42 heavy (non-hydrogen) atoms. The first-order chi connectivity index (χ1) is 19.9. The molecule has 3 heterocycles. The third kappa shape index (κ3) is 5.16. The molecule has 0 unspecified atom stereocenters. The van der Waals surface area contributed by atoms with Crippen molar-refractivity contribution in [1.82, 2.24) is 14.5 Å². The van der Waals surface area contributed by atoms with Gasteiger partial charge < -0.3 is 14.6 Å². The summed E-state index contributed by atoms with van der Waals surface area (Å²) in [5.41, 5.74) is 5.66. The number of pyridine rings is 2. The van der Waals surface area contributed by atoms with Crippen LogP contribution in [0.3, 0.4) is 0 Å². The molecule has 0 atom stereocenters. The van der Waals surface area contributed by atoms with Gasteiger partial charge in [0.05, 0.1) is 5.52 Å². The summed E-state index contributed by atoms with van der Waals surface area (Å²) in [4.78, 5) is 9.62. The molecule has 0 fully saturated rings.